The molecule has 3 N–H and O–H groups in total. The Hall–Kier alpha value is -3.68. The van der Waals surface area contributed by atoms with E-state index in [0.717, 1.165) is 6.07 Å². The van der Waals surface area contributed by atoms with E-state index in [1.165, 1.54) is 42.4 Å². The van der Waals surface area contributed by atoms with E-state index in [2.05, 4.69) is 20.3 Å². The summed E-state index contributed by atoms with van der Waals surface area (Å²) in [7, 11) is -2.69. The van der Waals surface area contributed by atoms with Crippen LogP contribution in [0.15, 0.2) is 52.5 Å². The number of carbonyl (C=O) groups is 1. The van der Waals surface area contributed by atoms with Crippen LogP contribution in [0, 0.1) is 0 Å². The van der Waals surface area contributed by atoms with E-state index in [1.54, 1.807) is 6.07 Å². The van der Waals surface area contributed by atoms with Gasteiger partial charge in [-0.2, -0.15) is 0 Å². The second kappa shape index (κ2) is 9.05. The van der Waals surface area contributed by atoms with Crippen LogP contribution in [0.4, 0.5) is 0 Å². The van der Waals surface area contributed by atoms with Crippen LogP contribution in [0.5, 0.6) is 5.75 Å². The minimum Gasteiger partial charge on any atom is -0.496 e. The van der Waals surface area contributed by atoms with Crippen LogP contribution in [0.2, 0.25) is 0 Å². The molecule has 1 unspecified atom stereocenters. The van der Waals surface area contributed by atoms with E-state index >= 15 is 0 Å². The molecule has 1 aromatic carbocycles. The molecule has 0 saturated heterocycles. The second-order valence-corrected chi connectivity index (χ2v) is 8.65. The average molecular weight is 472 g/mol. The summed E-state index contributed by atoms with van der Waals surface area (Å²) >= 11 is 0. The zero-order valence-electron chi connectivity index (χ0n) is 17.5. The number of hydrogen-bond acceptors (Lipinski definition) is 9. The van der Waals surface area contributed by atoms with E-state index in [-0.39, 0.29) is 47.4 Å². The molecule has 2 aromatic heterocycles. The van der Waals surface area contributed by atoms with Crippen LogP contribution in [0.3, 0.4) is 0 Å². The molecule has 3 aromatic rings. The van der Waals surface area contributed by atoms with E-state index in [0.29, 0.717) is 11.4 Å². The maximum Gasteiger partial charge on any atom is 0.255 e. The number of nitrogens with zero attached hydrogens (tertiary/aromatic N) is 4. The molecule has 1 atom stereocenters. The summed E-state index contributed by atoms with van der Waals surface area (Å²) in [6.07, 6.45) is 2.87. The lowest BCUT2D eigenvalue weighted by Gasteiger charge is -2.20. The number of fused-ring (bicyclic) bond motifs is 1. The highest BCUT2D eigenvalue weighted by molar-refractivity contribution is 7.89. The Morgan fingerprint density at radius 2 is 2.09 bits per heavy atom. The number of nitrogens with two attached hydrogens (primary N) is 1. The predicted octanol–water partition coefficient (Wildman–Crippen LogP) is -0.142. The van der Waals surface area contributed by atoms with Crippen molar-refractivity contribution in [3.05, 3.63) is 64.6 Å². The zero-order chi connectivity index (χ0) is 23.6. The van der Waals surface area contributed by atoms with Crippen LogP contribution in [-0.2, 0) is 21.3 Å². The summed E-state index contributed by atoms with van der Waals surface area (Å²) in [4.78, 5) is 38.2. The first-order valence-electron chi connectivity index (χ1n) is 9.75. The molecule has 0 radical (unpaired) electrons. The molecular formula is C20H20N6O6S. The topological polar surface area (TPSA) is 168 Å². The molecule has 1 aliphatic rings. The number of benzene rings is 1. The molecular weight excluding hydrogens is 452 g/mol. The number of nitrogens with one attached hydrogen (secondary N) is 1. The third-order valence-corrected chi connectivity index (χ3v) is 5.90. The van der Waals surface area contributed by atoms with E-state index < -0.39 is 22.0 Å². The Balaban J connectivity index is 1.74. The standard InChI is InChI=1S/C20H20N6O6S/c1-31-17-3-2-12(33(21,29)30)8-13(17)20(28)25-16-10-32-7-6-26-18(27)9-15(24-19(16)26)14-4-5-22-11-23-14/h2-5,8-9,11,16H,6-7,10H2,1H3,(H,25,28)(H2,21,29,30). The van der Waals surface area contributed by atoms with Crippen LogP contribution < -0.4 is 20.8 Å². The number of sulfonamides is 1. The first-order valence-corrected chi connectivity index (χ1v) is 11.3. The van der Waals surface area contributed by atoms with Crippen molar-refractivity contribution < 1.29 is 22.7 Å². The van der Waals surface area contributed by atoms with Gasteiger partial charge >= 0.3 is 0 Å². The first kappa shape index (κ1) is 22.5. The quantitative estimate of drug-likeness (QED) is 0.513. The van der Waals surface area contributed by atoms with Crippen LogP contribution in [0.25, 0.3) is 11.4 Å². The number of amides is 1. The maximum absolute atomic E-state index is 13.1. The van der Waals surface area contributed by atoms with Crippen molar-refractivity contribution in [3.63, 3.8) is 0 Å². The number of ether oxygens (including phenoxy) is 2. The number of aromatic nitrogens is 4. The number of rotatable bonds is 5. The lowest BCUT2D eigenvalue weighted by molar-refractivity contribution is 0.0852. The van der Waals surface area contributed by atoms with Crippen LogP contribution >= 0.6 is 0 Å². The third-order valence-electron chi connectivity index (χ3n) is 4.99. The number of methoxy groups -OCH3 is 1. The molecule has 3 heterocycles. The van der Waals surface area contributed by atoms with Crippen molar-refractivity contribution in [2.75, 3.05) is 20.3 Å². The molecule has 33 heavy (non-hydrogen) atoms. The monoisotopic (exact) mass is 472 g/mol. The molecule has 0 saturated carbocycles. The predicted molar refractivity (Wildman–Crippen MR) is 115 cm³/mol. The van der Waals surface area contributed by atoms with Crippen LogP contribution in [0.1, 0.15) is 22.2 Å². The zero-order valence-corrected chi connectivity index (χ0v) is 18.3. The van der Waals surface area contributed by atoms with E-state index in [9.17, 15) is 18.0 Å². The van der Waals surface area contributed by atoms with Gasteiger partial charge in [0.05, 0.1) is 48.7 Å². The fourth-order valence-electron chi connectivity index (χ4n) is 3.40. The summed E-state index contributed by atoms with van der Waals surface area (Å²) in [5.41, 5.74) is 0.396. The normalized spacial score (nSPS) is 15.9. The Bertz CT molecular complexity index is 1360. The minimum atomic E-state index is -4.04. The van der Waals surface area contributed by atoms with E-state index in [1.807, 2.05) is 0 Å². The van der Waals surface area contributed by atoms with Gasteiger partial charge in [0.1, 0.15) is 23.9 Å². The smallest absolute Gasteiger partial charge is 0.255 e. The molecule has 172 valence electrons. The lowest BCUT2D eigenvalue weighted by atomic mass is 10.1. The van der Waals surface area contributed by atoms with Crippen molar-refractivity contribution in [2.24, 2.45) is 5.14 Å². The highest BCUT2D eigenvalue weighted by atomic mass is 32.2. The van der Waals surface area contributed by atoms with Crippen molar-refractivity contribution in [2.45, 2.75) is 17.5 Å². The molecule has 1 amide bonds. The number of carbonyl (C=O) groups excluding carboxylic acids is 1. The molecule has 0 spiro atoms. The summed E-state index contributed by atoms with van der Waals surface area (Å²) < 4.78 is 35.7. The van der Waals surface area contributed by atoms with Gasteiger partial charge in [0.25, 0.3) is 11.5 Å². The largest absolute Gasteiger partial charge is 0.496 e. The first-order chi connectivity index (χ1) is 15.8. The molecule has 0 bridgehead atoms. The third kappa shape index (κ3) is 4.74. The average Bonchev–Trinajstić information content (AvgIpc) is 3.01. The molecule has 0 fully saturated rings. The fraction of sp³-hybridized carbons (Fsp3) is 0.250. The molecule has 1 aliphatic heterocycles. The fourth-order valence-corrected chi connectivity index (χ4v) is 3.94. The van der Waals surface area contributed by atoms with Gasteiger partial charge in [0.2, 0.25) is 10.0 Å². The van der Waals surface area contributed by atoms with E-state index in [4.69, 9.17) is 14.6 Å². The summed E-state index contributed by atoms with van der Waals surface area (Å²) in [6, 6.07) is 5.86. The van der Waals surface area contributed by atoms with Crippen molar-refractivity contribution in [1.29, 1.82) is 0 Å². The second-order valence-electron chi connectivity index (χ2n) is 7.09. The highest BCUT2D eigenvalue weighted by Crippen LogP contribution is 2.24. The number of primary sulfonamides is 1. The van der Waals surface area contributed by atoms with Gasteiger partial charge in [-0.1, -0.05) is 0 Å². The van der Waals surface area contributed by atoms with Crippen LogP contribution in [-0.4, -0.2) is 54.2 Å². The summed E-state index contributed by atoms with van der Waals surface area (Å²) in [6.45, 7) is 0.544. The lowest BCUT2D eigenvalue weighted by Crippen LogP contribution is -2.36. The summed E-state index contributed by atoms with van der Waals surface area (Å²) in [5.74, 6) is -0.223. The number of hydrogen-bond donors (Lipinski definition) is 2. The van der Waals surface area contributed by atoms with Gasteiger partial charge in [-0.25, -0.2) is 28.5 Å². The Kier molecular flexibility index (Phi) is 6.18. The molecule has 12 nitrogen and oxygen atoms in total. The van der Waals surface area contributed by atoms with Gasteiger partial charge < -0.3 is 14.8 Å². The Morgan fingerprint density at radius 1 is 1.27 bits per heavy atom. The minimum absolute atomic E-state index is 0.0442. The molecule has 13 heteroatoms. The van der Waals surface area contributed by atoms with Crippen molar-refractivity contribution in [1.82, 2.24) is 24.8 Å². The van der Waals surface area contributed by atoms with Crippen molar-refractivity contribution >= 4 is 15.9 Å². The highest BCUT2D eigenvalue weighted by Gasteiger charge is 2.27. The van der Waals surface area contributed by atoms with Gasteiger partial charge in [-0.15, -0.1) is 0 Å². The van der Waals surface area contributed by atoms with Gasteiger partial charge in [-0.3, -0.25) is 14.2 Å². The van der Waals surface area contributed by atoms with Gasteiger partial charge in [-0.05, 0) is 24.3 Å². The molecule has 0 aliphatic carbocycles. The summed E-state index contributed by atoms with van der Waals surface area (Å²) in [5, 5.41) is 7.95. The maximum atomic E-state index is 13.1. The Morgan fingerprint density at radius 3 is 2.79 bits per heavy atom. The SMILES string of the molecule is COc1ccc(S(N)(=O)=O)cc1C(=O)NC1COCCn2c1nc(-c1ccncn1)cc2=O. The van der Waals surface area contributed by atoms with Crippen molar-refractivity contribution in [3.8, 4) is 17.1 Å². The molecule has 4 rings (SSSR count). The Labute approximate surface area is 188 Å². The van der Waals surface area contributed by atoms with Gasteiger partial charge in [0.15, 0.2) is 0 Å². The van der Waals surface area contributed by atoms with Gasteiger partial charge in [0, 0.05) is 12.3 Å².